The Morgan fingerprint density at radius 2 is 1.50 bits per heavy atom. The fourth-order valence-corrected chi connectivity index (χ4v) is 1.46. The van der Waals surface area contributed by atoms with Crippen molar-refractivity contribution in [3.63, 3.8) is 0 Å². The van der Waals surface area contributed by atoms with Crippen LogP contribution >= 0.6 is 0 Å². The molecule has 96 valence electrons. The minimum atomic E-state index is -4.06. The maximum atomic E-state index is 10.5. The third-order valence-corrected chi connectivity index (χ3v) is 2.18. The first-order valence-corrected chi connectivity index (χ1v) is 5.72. The quantitative estimate of drug-likeness (QED) is 0.383. The zero-order valence-electron chi connectivity index (χ0n) is 8.96. The number of rotatable bonds is 7. The molecule has 7 nitrogen and oxygen atoms in total. The molecule has 0 aromatic rings. The molecule has 0 aliphatic rings. The Hall–Kier alpha value is -1.09. The molecular weight excluding hydrogens is 236 g/mol. The van der Waals surface area contributed by atoms with Crippen LogP contribution < -0.4 is 6.15 Å². The van der Waals surface area contributed by atoms with Crippen LogP contribution in [0.1, 0.15) is 0 Å². The number of hydrogen-bond donors (Lipinski definition) is 4. The summed E-state index contributed by atoms with van der Waals surface area (Å²) in [5.74, 6) is -0.800. The first-order valence-electron chi connectivity index (χ1n) is 4.11. The second-order valence-electron chi connectivity index (χ2n) is 3.13. The van der Waals surface area contributed by atoms with E-state index in [9.17, 15) is 8.42 Å². The highest BCUT2D eigenvalue weighted by molar-refractivity contribution is 7.85. The molecule has 0 bridgehead atoms. The van der Waals surface area contributed by atoms with E-state index < -0.39 is 15.9 Å². The molecule has 0 radical (unpaired) electrons. The molecule has 0 saturated heterocycles. The zero-order chi connectivity index (χ0) is 12.1. The molecule has 0 unspecified atom stereocenters. The fraction of sp³-hybridized carbons (Fsp3) is 0.500. The molecule has 0 atom stereocenters. The average Bonchev–Trinajstić information content (AvgIpc) is 1.96. The molecule has 0 aliphatic heterocycles. The average molecular weight is 254 g/mol. The van der Waals surface area contributed by atoms with Gasteiger partial charge in [0, 0.05) is 6.54 Å². The lowest BCUT2D eigenvalue weighted by atomic mass is 10.4. The van der Waals surface area contributed by atoms with E-state index in [1.807, 2.05) is 0 Å². The SMILES string of the molecule is C=C(O)CN(CCS(=O)(=O)O)CC(=C)O.N. The normalized spacial score (nSPS) is 10.9. The Morgan fingerprint density at radius 1 is 1.12 bits per heavy atom. The fourth-order valence-electron chi connectivity index (χ4n) is 0.975. The lowest BCUT2D eigenvalue weighted by Crippen LogP contribution is -2.32. The summed E-state index contributed by atoms with van der Waals surface area (Å²) in [4.78, 5) is 1.39. The maximum absolute atomic E-state index is 10.5. The standard InChI is InChI=1S/C8H15NO5S.H3N/c1-7(10)5-9(6-8(2)11)3-4-15(12,13)14;/h10-11H,1-6H2,(H,12,13,14);1H3. The van der Waals surface area contributed by atoms with Gasteiger partial charge in [0.2, 0.25) is 0 Å². The van der Waals surface area contributed by atoms with Crippen molar-refractivity contribution in [3.8, 4) is 0 Å². The second-order valence-corrected chi connectivity index (χ2v) is 4.70. The molecule has 0 saturated carbocycles. The van der Waals surface area contributed by atoms with Crippen molar-refractivity contribution in [2.24, 2.45) is 0 Å². The number of nitrogens with zero attached hydrogens (tertiary/aromatic N) is 1. The molecule has 0 aliphatic carbocycles. The molecule has 0 rings (SSSR count). The summed E-state index contributed by atoms with van der Waals surface area (Å²) in [5.41, 5.74) is 0. The van der Waals surface area contributed by atoms with Gasteiger partial charge in [0.15, 0.2) is 0 Å². The number of hydrogen-bond acceptors (Lipinski definition) is 6. The molecule has 16 heavy (non-hydrogen) atoms. The molecule has 0 fully saturated rings. The Balaban J connectivity index is 0. The molecule has 0 aromatic heterocycles. The topological polar surface area (TPSA) is 133 Å². The zero-order valence-corrected chi connectivity index (χ0v) is 9.78. The third kappa shape index (κ3) is 11.0. The van der Waals surface area contributed by atoms with Gasteiger partial charge in [-0.2, -0.15) is 8.42 Å². The minimum absolute atomic E-state index is 0. The monoisotopic (exact) mass is 254 g/mol. The van der Waals surface area contributed by atoms with E-state index in [4.69, 9.17) is 14.8 Å². The van der Waals surface area contributed by atoms with E-state index in [0.717, 1.165) is 0 Å². The second kappa shape index (κ2) is 7.23. The largest absolute Gasteiger partial charge is 0.512 e. The summed E-state index contributed by atoms with van der Waals surface area (Å²) in [6.45, 7) is 6.46. The summed E-state index contributed by atoms with van der Waals surface area (Å²) in [5, 5.41) is 17.8. The molecule has 0 spiro atoms. The lowest BCUT2D eigenvalue weighted by Gasteiger charge is -2.19. The van der Waals surface area contributed by atoms with E-state index >= 15 is 0 Å². The van der Waals surface area contributed by atoms with Gasteiger partial charge in [-0.1, -0.05) is 13.2 Å². The van der Waals surface area contributed by atoms with Crippen molar-refractivity contribution in [2.45, 2.75) is 0 Å². The van der Waals surface area contributed by atoms with E-state index in [0.29, 0.717) is 0 Å². The summed E-state index contributed by atoms with van der Waals surface area (Å²) in [7, 11) is -4.06. The van der Waals surface area contributed by atoms with Crippen LogP contribution in [0.25, 0.3) is 0 Å². The molecule has 6 N–H and O–H groups in total. The van der Waals surface area contributed by atoms with Crippen molar-refractivity contribution in [3.05, 3.63) is 24.7 Å². The van der Waals surface area contributed by atoms with Crippen LogP contribution in [0.15, 0.2) is 24.7 Å². The van der Waals surface area contributed by atoms with Crippen LogP contribution in [-0.4, -0.2) is 53.5 Å². The smallest absolute Gasteiger partial charge is 0.266 e. The Bertz CT molecular complexity index is 322. The molecule has 0 aromatic carbocycles. The maximum Gasteiger partial charge on any atom is 0.266 e. The molecule has 8 heteroatoms. The first-order chi connectivity index (χ1) is 6.70. The molecule has 0 heterocycles. The predicted molar refractivity (Wildman–Crippen MR) is 61.4 cm³/mol. The van der Waals surface area contributed by atoms with Crippen LogP contribution in [0.5, 0.6) is 0 Å². The van der Waals surface area contributed by atoms with Gasteiger partial charge in [0.05, 0.1) is 30.4 Å². The van der Waals surface area contributed by atoms with Crippen molar-refractivity contribution in [1.29, 1.82) is 0 Å². The molecule has 0 amide bonds. The van der Waals surface area contributed by atoms with Gasteiger partial charge < -0.3 is 16.4 Å². The third-order valence-electron chi connectivity index (χ3n) is 1.48. The molecular formula is C8H18N2O5S. The van der Waals surface area contributed by atoms with E-state index in [-0.39, 0.29) is 37.3 Å². The van der Waals surface area contributed by atoms with Crippen LogP contribution in [0.2, 0.25) is 0 Å². The van der Waals surface area contributed by atoms with Gasteiger partial charge in [-0.15, -0.1) is 0 Å². The van der Waals surface area contributed by atoms with Crippen molar-refractivity contribution in [1.82, 2.24) is 11.1 Å². The minimum Gasteiger partial charge on any atom is -0.512 e. The van der Waals surface area contributed by atoms with Gasteiger partial charge >= 0.3 is 0 Å². The number of aliphatic hydroxyl groups is 2. The first kappa shape index (κ1) is 17.3. The van der Waals surface area contributed by atoms with Crippen LogP contribution in [0, 0.1) is 0 Å². The van der Waals surface area contributed by atoms with Crippen molar-refractivity contribution < 1.29 is 23.2 Å². The Morgan fingerprint density at radius 3 is 1.75 bits per heavy atom. The van der Waals surface area contributed by atoms with Gasteiger partial charge in [-0.25, -0.2) is 0 Å². The van der Waals surface area contributed by atoms with Crippen LogP contribution in [0.3, 0.4) is 0 Å². The summed E-state index contributed by atoms with van der Waals surface area (Å²) >= 11 is 0. The van der Waals surface area contributed by atoms with E-state index in [1.54, 1.807) is 0 Å². The van der Waals surface area contributed by atoms with Crippen molar-refractivity contribution in [2.75, 3.05) is 25.4 Å². The van der Waals surface area contributed by atoms with Crippen molar-refractivity contribution >= 4 is 10.1 Å². The van der Waals surface area contributed by atoms with Gasteiger partial charge in [0.1, 0.15) is 0 Å². The van der Waals surface area contributed by atoms with Gasteiger partial charge in [-0.05, 0) is 0 Å². The summed E-state index contributed by atoms with van der Waals surface area (Å²) < 4.78 is 29.4. The highest BCUT2D eigenvalue weighted by Crippen LogP contribution is 1.98. The highest BCUT2D eigenvalue weighted by atomic mass is 32.2. The van der Waals surface area contributed by atoms with Crippen LogP contribution in [-0.2, 0) is 10.1 Å². The lowest BCUT2D eigenvalue weighted by molar-refractivity contribution is 0.243. The summed E-state index contributed by atoms with van der Waals surface area (Å²) in [6.07, 6.45) is 0. The van der Waals surface area contributed by atoms with Gasteiger partial charge in [-0.3, -0.25) is 9.45 Å². The Labute approximate surface area is 95.0 Å². The number of aliphatic hydroxyl groups excluding tert-OH is 2. The Kier molecular flexibility index (Phi) is 7.82. The van der Waals surface area contributed by atoms with Gasteiger partial charge in [0.25, 0.3) is 10.1 Å². The summed E-state index contributed by atoms with van der Waals surface area (Å²) in [6, 6.07) is 0. The highest BCUT2D eigenvalue weighted by Gasteiger charge is 2.12. The van der Waals surface area contributed by atoms with Crippen LogP contribution in [0.4, 0.5) is 0 Å². The van der Waals surface area contributed by atoms with E-state index in [1.165, 1.54) is 4.90 Å². The van der Waals surface area contributed by atoms with E-state index in [2.05, 4.69) is 13.2 Å². The predicted octanol–water partition coefficient (Wildman–Crippen LogP) is 0.482.